The fourth-order valence-corrected chi connectivity index (χ4v) is 2.47. The van der Waals surface area contributed by atoms with Crippen LogP contribution in [0.3, 0.4) is 0 Å². The maximum atomic E-state index is 5.91. The molecule has 1 aliphatic heterocycles. The number of halogens is 2. The minimum atomic E-state index is 0. The summed E-state index contributed by atoms with van der Waals surface area (Å²) in [5, 5.41) is 7.13. The van der Waals surface area contributed by atoms with Gasteiger partial charge in [-0.15, -0.1) is 24.0 Å². The number of nitrogens with zero attached hydrogens (tertiary/aromatic N) is 1. The fourth-order valence-electron chi connectivity index (χ4n) is 2.29. The summed E-state index contributed by atoms with van der Waals surface area (Å²) in [6.45, 7) is 4.27. The van der Waals surface area contributed by atoms with Crippen LogP contribution in [0.1, 0.15) is 12.8 Å². The normalized spacial score (nSPS) is 17.0. The second kappa shape index (κ2) is 13.4. The molecule has 0 bridgehead atoms. The number of aliphatic imine (C=N–C) groups is 1. The number of hydrogen-bond acceptors (Lipinski definition) is 4. The molecule has 1 fully saturated rings. The number of benzene rings is 1. The van der Waals surface area contributed by atoms with Crippen molar-refractivity contribution in [3.63, 3.8) is 0 Å². The van der Waals surface area contributed by atoms with Gasteiger partial charge < -0.3 is 24.8 Å². The van der Waals surface area contributed by atoms with Gasteiger partial charge in [-0.25, -0.2) is 0 Å². The lowest BCUT2D eigenvalue weighted by Crippen LogP contribution is -2.40. The van der Waals surface area contributed by atoms with Crippen LogP contribution in [0.5, 0.6) is 5.75 Å². The first kappa shape index (κ1) is 22.3. The highest BCUT2D eigenvalue weighted by Crippen LogP contribution is 2.16. The van der Waals surface area contributed by atoms with Crippen LogP contribution in [0, 0.1) is 0 Å². The van der Waals surface area contributed by atoms with E-state index >= 15 is 0 Å². The molecule has 1 unspecified atom stereocenters. The molecule has 0 aromatic heterocycles. The molecule has 1 heterocycles. The molecule has 0 spiro atoms. The molecule has 142 valence electrons. The third-order valence-corrected chi connectivity index (χ3v) is 3.77. The van der Waals surface area contributed by atoms with Crippen LogP contribution in [0.4, 0.5) is 0 Å². The zero-order valence-corrected chi connectivity index (χ0v) is 17.6. The second-order valence-electron chi connectivity index (χ2n) is 5.44. The van der Waals surface area contributed by atoms with Crippen molar-refractivity contribution in [1.82, 2.24) is 10.6 Å². The van der Waals surface area contributed by atoms with Gasteiger partial charge in [0.25, 0.3) is 0 Å². The van der Waals surface area contributed by atoms with Gasteiger partial charge in [0.1, 0.15) is 12.4 Å². The Morgan fingerprint density at radius 3 is 2.88 bits per heavy atom. The van der Waals surface area contributed by atoms with Crippen molar-refractivity contribution in [2.45, 2.75) is 18.9 Å². The Hall–Kier alpha value is -0.770. The SMILES string of the molecule is CN=C(NCCCOC1CCOC1)NCCOc1cccc(Cl)c1.I. The minimum absolute atomic E-state index is 0. The Kier molecular flexibility index (Phi) is 12.0. The largest absolute Gasteiger partial charge is 0.492 e. The smallest absolute Gasteiger partial charge is 0.191 e. The van der Waals surface area contributed by atoms with Crippen molar-refractivity contribution in [2.75, 3.05) is 46.6 Å². The van der Waals surface area contributed by atoms with Gasteiger partial charge in [0.05, 0.1) is 19.3 Å². The van der Waals surface area contributed by atoms with Crippen LogP contribution in [-0.4, -0.2) is 58.6 Å². The Morgan fingerprint density at radius 1 is 1.32 bits per heavy atom. The van der Waals surface area contributed by atoms with Crippen molar-refractivity contribution >= 4 is 41.5 Å². The molecular formula is C17H27ClIN3O3. The average molecular weight is 484 g/mol. The summed E-state index contributed by atoms with van der Waals surface area (Å²) in [4.78, 5) is 4.18. The molecule has 1 saturated heterocycles. The topological polar surface area (TPSA) is 64.1 Å². The van der Waals surface area contributed by atoms with E-state index in [1.807, 2.05) is 18.2 Å². The highest BCUT2D eigenvalue weighted by molar-refractivity contribution is 14.0. The van der Waals surface area contributed by atoms with Crippen molar-refractivity contribution in [3.8, 4) is 5.75 Å². The van der Waals surface area contributed by atoms with Crippen LogP contribution in [0.15, 0.2) is 29.3 Å². The first-order chi connectivity index (χ1) is 11.8. The Morgan fingerprint density at radius 2 is 2.16 bits per heavy atom. The average Bonchev–Trinajstić information content (AvgIpc) is 3.10. The molecule has 1 aromatic rings. The van der Waals surface area contributed by atoms with E-state index in [1.54, 1.807) is 13.1 Å². The van der Waals surface area contributed by atoms with Gasteiger partial charge in [0, 0.05) is 31.8 Å². The maximum Gasteiger partial charge on any atom is 0.191 e. The van der Waals surface area contributed by atoms with Crippen LogP contribution in [-0.2, 0) is 9.47 Å². The number of ether oxygens (including phenoxy) is 3. The number of nitrogens with one attached hydrogen (secondary N) is 2. The summed E-state index contributed by atoms with van der Waals surface area (Å²) >= 11 is 5.91. The maximum absolute atomic E-state index is 5.91. The lowest BCUT2D eigenvalue weighted by Gasteiger charge is -2.13. The predicted molar refractivity (Wildman–Crippen MR) is 112 cm³/mol. The van der Waals surface area contributed by atoms with Crippen molar-refractivity contribution in [1.29, 1.82) is 0 Å². The van der Waals surface area contributed by atoms with Crippen LogP contribution >= 0.6 is 35.6 Å². The zero-order chi connectivity index (χ0) is 17.0. The summed E-state index contributed by atoms with van der Waals surface area (Å²) in [6.07, 6.45) is 2.20. The number of hydrogen-bond donors (Lipinski definition) is 2. The van der Waals surface area contributed by atoms with E-state index in [4.69, 9.17) is 25.8 Å². The lowest BCUT2D eigenvalue weighted by atomic mass is 10.3. The van der Waals surface area contributed by atoms with Crippen molar-refractivity contribution < 1.29 is 14.2 Å². The first-order valence-electron chi connectivity index (χ1n) is 8.30. The number of guanidine groups is 1. The van der Waals surface area contributed by atoms with E-state index < -0.39 is 0 Å². The van der Waals surface area contributed by atoms with Gasteiger partial charge in [-0.05, 0) is 31.0 Å². The van der Waals surface area contributed by atoms with E-state index in [0.29, 0.717) is 18.2 Å². The predicted octanol–water partition coefficient (Wildman–Crippen LogP) is 2.70. The summed E-state index contributed by atoms with van der Waals surface area (Å²) in [7, 11) is 1.75. The Balaban J connectivity index is 0.00000312. The molecule has 6 nitrogen and oxygen atoms in total. The third-order valence-electron chi connectivity index (χ3n) is 3.54. The standard InChI is InChI=1S/C17H26ClN3O3.HI/c1-19-17(20-7-3-9-23-16-6-10-22-13-16)21-8-11-24-15-5-2-4-14(18)12-15;/h2,4-5,12,16H,3,6-11,13H2,1H3,(H2,19,20,21);1H. The number of rotatable bonds is 9. The van der Waals surface area contributed by atoms with Crippen molar-refractivity contribution in [2.24, 2.45) is 4.99 Å². The second-order valence-corrected chi connectivity index (χ2v) is 5.88. The van der Waals surface area contributed by atoms with Crippen LogP contribution in [0.25, 0.3) is 0 Å². The molecule has 1 aliphatic rings. The molecule has 0 saturated carbocycles. The van der Waals surface area contributed by atoms with E-state index in [2.05, 4.69) is 15.6 Å². The van der Waals surface area contributed by atoms with Gasteiger partial charge in [0.2, 0.25) is 0 Å². The van der Waals surface area contributed by atoms with E-state index in [1.165, 1.54) is 0 Å². The monoisotopic (exact) mass is 483 g/mol. The molecule has 8 heteroatoms. The molecule has 2 rings (SSSR count). The molecule has 1 atom stereocenters. The molecule has 1 aromatic carbocycles. The fraction of sp³-hybridized carbons (Fsp3) is 0.588. The van der Waals surface area contributed by atoms with Gasteiger partial charge in [-0.1, -0.05) is 17.7 Å². The molecule has 0 aliphatic carbocycles. The summed E-state index contributed by atoms with van der Waals surface area (Å²) in [5.74, 6) is 1.52. The quantitative estimate of drug-likeness (QED) is 0.245. The summed E-state index contributed by atoms with van der Waals surface area (Å²) < 4.78 is 16.6. The van der Waals surface area contributed by atoms with Gasteiger partial charge in [0.15, 0.2) is 5.96 Å². The summed E-state index contributed by atoms with van der Waals surface area (Å²) in [5.41, 5.74) is 0. The van der Waals surface area contributed by atoms with Gasteiger partial charge >= 0.3 is 0 Å². The Labute approximate surface area is 171 Å². The Bertz CT molecular complexity index is 514. The van der Waals surface area contributed by atoms with Crippen molar-refractivity contribution in [3.05, 3.63) is 29.3 Å². The van der Waals surface area contributed by atoms with E-state index in [-0.39, 0.29) is 30.1 Å². The molecule has 2 N–H and O–H groups in total. The molecule has 25 heavy (non-hydrogen) atoms. The molecular weight excluding hydrogens is 457 g/mol. The van der Waals surface area contributed by atoms with Gasteiger partial charge in [-0.3, -0.25) is 4.99 Å². The molecule has 0 amide bonds. The highest BCUT2D eigenvalue weighted by Gasteiger charge is 2.15. The van der Waals surface area contributed by atoms with E-state index in [0.717, 1.165) is 50.9 Å². The van der Waals surface area contributed by atoms with E-state index in [9.17, 15) is 0 Å². The third kappa shape index (κ3) is 9.48. The molecule has 0 radical (unpaired) electrons. The van der Waals surface area contributed by atoms with Crippen LogP contribution in [0.2, 0.25) is 5.02 Å². The highest BCUT2D eigenvalue weighted by atomic mass is 127. The zero-order valence-electron chi connectivity index (χ0n) is 14.5. The lowest BCUT2D eigenvalue weighted by molar-refractivity contribution is 0.0420. The van der Waals surface area contributed by atoms with Crippen LogP contribution < -0.4 is 15.4 Å². The first-order valence-corrected chi connectivity index (χ1v) is 8.68. The minimum Gasteiger partial charge on any atom is -0.492 e. The van der Waals surface area contributed by atoms with Gasteiger partial charge in [-0.2, -0.15) is 0 Å². The summed E-state index contributed by atoms with van der Waals surface area (Å²) in [6, 6.07) is 7.37.